The van der Waals surface area contributed by atoms with Gasteiger partial charge in [0.25, 0.3) is 5.91 Å². The van der Waals surface area contributed by atoms with Crippen LogP contribution in [0.1, 0.15) is 15.2 Å². The van der Waals surface area contributed by atoms with Crippen molar-refractivity contribution in [1.29, 1.82) is 0 Å². The van der Waals surface area contributed by atoms with Gasteiger partial charge in [0.1, 0.15) is 10.7 Å². The largest absolute Gasteiger partial charge is 0.337 e. The van der Waals surface area contributed by atoms with E-state index in [4.69, 9.17) is 0 Å². The van der Waals surface area contributed by atoms with Crippen LogP contribution in [0.5, 0.6) is 0 Å². The maximum atomic E-state index is 13.6. The molecule has 0 aliphatic rings. The Morgan fingerprint density at radius 3 is 2.74 bits per heavy atom. The number of benzene rings is 1. The molecule has 1 aromatic heterocycles. The molecule has 0 fully saturated rings. The van der Waals surface area contributed by atoms with E-state index in [0.29, 0.717) is 10.4 Å². The van der Waals surface area contributed by atoms with E-state index in [-0.39, 0.29) is 18.3 Å². The molecule has 0 N–H and O–H groups in total. The highest BCUT2D eigenvalue weighted by Crippen LogP contribution is 2.25. The Morgan fingerprint density at radius 1 is 1.37 bits per heavy atom. The predicted molar refractivity (Wildman–Crippen MR) is 81.9 cm³/mol. The molecule has 2 nitrogen and oxygen atoms in total. The summed E-state index contributed by atoms with van der Waals surface area (Å²) in [5.41, 5.74) is 0.484. The number of rotatable bonds is 3. The molecule has 0 saturated carbocycles. The van der Waals surface area contributed by atoms with Crippen LogP contribution in [0.15, 0.2) is 38.6 Å². The first kappa shape index (κ1) is 14.7. The van der Waals surface area contributed by atoms with Crippen LogP contribution < -0.4 is 0 Å². The summed E-state index contributed by atoms with van der Waals surface area (Å²) in [7, 11) is 1.66. The molecule has 2 rings (SSSR count). The Kier molecular flexibility index (Phi) is 4.76. The Bertz CT molecular complexity index is 614. The van der Waals surface area contributed by atoms with Crippen LogP contribution in [0, 0.1) is 5.82 Å². The number of halogens is 3. The minimum atomic E-state index is -0.312. The quantitative estimate of drug-likeness (QED) is 0.724. The van der Waals surface area contributed by atoms with Gasteiger partial charge in [0.05, 0.1) is 0 Å². The summed E-state index contributed by atoms with van der Waals surface area (Å²) in [6, 6.07) is 6.53. The molecule has 6 heteroatoms. The fraction of sp³-hybridized carbons (Fsp3) is 0.154. The predicted octanol–water partition coefficient (Wildman–Crippen LogP) is 4.68. The van der Waals surface area contributed by atoms with Crippen molar-refractivity contribution in [2.75, 3.05) is 7.05 Å². The molecule has 19 heavy (non-hydrogen) atoms. The highest BCUT2D eigenvalue weighted by molar-refractivity contribution is 9.10. The number of carbonyl (C=O) groups excluding carboxylic acids is 1. The number of carbonyl (C=O) groups is 1. The molecule has 1 heterocycles. The van der Waals surface area contributed by atoms with Crippen molar-refractivity contribution in [3.05, 3.63) is 54.8 Å². The van der Waals surface area contributed by atoms with Gasteiger partial charge < -0.3 is 4.90 Å². The summed E-state index contributed by atoms with van der Waals surface area (Å²) < 4.78 is 15.2. The van der Waals surface area contributed by atoms with Gasteiger partial charge in [-0.2, -0.15) is 0 Å². The molecule has 2 aromatic rings. The first-order valence-electron chi connectivity index (χ1n) is 5.41. The summed E-state index contributed by atoms with van der Waals surface area (Å²) in [5, 5.41) is 1.84. The fourth-order valence-electron chi connectivity index (χ4n) is 1.61. The molecule has 1 amide bonds. The van der Waals surface area contributed by atoms with E-state index in [0.717, 1.165) is 8.95 Å². The van der Waals surface area contributed by atoms with Gasteiger partial charge in [-0.3, -0.25) is 4.79 Å². The Balaban J connectivity index is 2.17. The SMILES string of the molecule is CN(Cc1cc(Br)ccc1F)C(=O)c1sccc1Br. The van der Waals surface area contributed by atoms with Gasteiger partial charge in [-0.1, -0.05) is 15.9 Å². The number of thiophene rings is 1. The minimum absolute atomic E-state index is 0.124. The first-order valence-corrected chi connectivity index (χ1v) is 7.88. The monoisotopic (exact) mass is 405 g/mol. The van der Waals surface area contributed by atoms with Crippen molar-refractivity contribution in [2.24, 2.45) is 0 Å². The third-order valence-electron chi connectivity index (χ3n) is 2.57. The van der Waals surface area contributed by atoms with Crippen molar-refractivity contribution in [3.63, 3.8) is 0 Å². The topological polar surface area (TPSA) is 20.3 Å². The highest BCUT2D eigenvalue weighted by atomic mass is 79.9. The molecular formula is C13H10Br2FNOS. The van der Waals surface area contributed by atoms with Crippen molar-refractivity contribution in [3.8, 4) is 0 Å². The Hall–Kier alpha value is -0.720. The van der Waals surface area contributed by atoms with Crippen molar-refractivity contribution >= 4 is 49.1 Å². The lowest BCUT2D eigenvalue weighted by Gasteiger charge is -2.17. The second kappa shape index (κ2) is 6.15. The Morgan fingerprint density at radius 2 is 2.11 bits per heavy atom. The molecule has 0 radical (unpaired) electrons. The standard InChI is InChI=1S/C13H10Br2FNOS/c1-17(13(18)12-10(15)4-5-19-12)7-8-6-9(14)2-3-11(8)16/h2-6H,7H2,1H3. The van der Waals surface area contributed by atoms with Gasteiger partial charge in [-0.15, -0.1) is 11.3 Å². The molecule has 0 spiro atoms. The number of hydrogen-bond acceptors (Lipinski definition) is 2. The summed E-state index contributed by atoms with van der Waals surface area (Å²) in [6.07, 6.45) is 0. The van der Waals surface area contributed by atoms with Gasteiger partial charge in [-0.05, 0) is 45.6 Å². The number of amides is 1. The molecule has 0 unspecified atom stereocenters. The van der Waals surface area contributed by atoms with Crippen LogP contribution in [0.3, 0.4) is 0 Å². The number of hydrogen-bond donors (Lipinski definition) is 0. The third kappa shape index (κ3) is 3.43. The van der Waals surface area contributed by atoms with Crippen LogP contribution in [0.2, 0.25) is 0 Å². The van der Waals surface area contributed by atoms with Crippen molar-refractivity contribution in [2.45, 2.75) is 6.54 Å². The summed E-state index contributed by atoms with van der Waals surface area (Å²) >= 11 is 7.99. The van der Waals surface area contributed by atoms with Crippen LogP contribution in [-0.4, -0.2) is 17.9 Å². The average molecular weight is 407 g/mol. The summed E-state index contributed by atoms with van der Waals surface area (Å²) in [4.78, 5) is 14.3. The van der Waals surface area contributed by atoms with E-state index in [1.165, 1.54) is 22.3 Å². The van der Waals surface area contributed by atoms with Crippen LogP contribution >= 0.6 is 43.2 Å². The van der Waals surface area contributed by atoms with Gasteiger partial charge in [-0.25, -0.2) is 4.39 Å². The average Bonchev–Trinajstić information content (AvgIpc) is 2.79. The van der Waals surface area contributed by atoms with Crippen LogP contribution in [0.4, 0.5) is 4.39 Å². The maximum Gasteiger partial charge on any atom is 0.265 e. The minimum Gasteiger partial charge on any atom is -0.337 e. The molecule has 0 atom stereocenters. The zero-order valence-corrected chi connectivity index (χ0v) is 14.0. The van der Waals surface area contributed by atoms with E-state index in [2.05, 4.69) is 31.9 Å². The lowest BCUT2D eigenvalue weighted by molar-refractivity contribution is 0.0788. The van der Waals surface area contributed by atoms with E-state index < -0.39 is 0 Å². The molecule has 0 aliphatic heterocycles. The number of nitrogens with zero attached hydrogens (tertiary/aromatic N) is 1. The second-order valence-electron chi connectivity index (χ2n) is 3.99. The lowest BCUT2D eigenvalue weighted by atomic mass is 10.2. The first-order chi connectivity index (χ1) is 8.99. The zero-order valence-electron chi connectivity index (χ0n) is 9.99. The van der Waals surface area contributed by atoms with Gasteiger partial charge in [0.2, 0.25) is 0 Å². The smallest absolute Gasteiger partial charge is 0.265 e. The zero-order chi connectivity index (χ0) is 14.0. The van der Waals surface area contributed by atoms with Gasteiger partial charge in [0, 0.05) is 28.1 Å². The van der Waals surface area contributed by atoms with E-state index in [1.807, 2.05) is 11.4 Å². The van der Waals surface area contributed by atoms with E-state index in [9.17, 15) is 9.18 Å². The molecule has 100 valence electrons. The maximum absolute atomic E-state index is 13.6. The molecule has 0 bridgehead atoms. The molecule has 0 saturated heterocycles. The van der Waals surface area contributed by atoms with Gasteiger partial charge >= 0.3 is 0 Å². The highest BCUT2D eigenvalue weighted by Gasteiger charge is 2.17. The third-order valence-corrected chi connectivity index (χ3v) is 4.89. The summed E-state index contributed by atoms with van der Waals surface area (Å²) in [5.74, 6) is -0.436. The normalized spacial score (nSPS) is 10.5. The Labute approximate surface area is 131 Å². The van der Waals surface area contributed by atoms with Crippen molar-refractivity contribution in [1.82, 2.24) is 4.90 Å². The second-order valence-corrected chi connectivity index (χ2v) is 6.68. The lowest BCUT2D eigenvalue weighted by Crippen LogP contribution is -2.26. The van der Waals surface area contributed by atoms with Crippen molar-refractivity contribution < 1.29 is 9.18 Å². The molecule has 1 aromatic carbocycles. The van der Waals surface area contributed by atoms with E-state index in [1.54, 1.807) is 19.2 Å². The van der Waals surface area contributed by atoms with Crippen LogP contribution in [0.25, 0.3) is 0 Å². The summed E-state index contributed by atoms with van der Waals surface area (Å²) in [6.45, 7) is 0.231. The molecule has 0 aliphatic carbocycles. The molecular weight excluding hydrogens is 397 g/mol. The van der Waals surface area contributed by atoms with Gasteiger partial charge in [0.15, 0.2) is 0 Å². The van der Waals surface area contributed by atoms with E-state index >= 15 is 0 Å². The van der Waals surface area contributed by atoms with Crippen LogP contribution in [-0.2, 0) is 6.54 Å². The fourth-order valence-corrected chi connectivity index (χ4v) is 3.55.